The number of halogens is 1. The molecule has 1 aliphatic carbocycles. The number of piperazine rings is 1. The number of hydrogen-bond acceptors (Lipinski definition) is 8. The Morgan fingerprint density at radius 2 is 1.81 bits per heavy atom. The largest absolute Gasteiger partial charge is 0.364 e. The van der Waals surface area contributed by atoms with E-state index in [0.29, 0.717) is 22.4 Å². The molecule has 4 heterocycles. The van der Waals surface area contributed by atoms with Crippen LogP contribution in [0.2, 0.25) is 5.15 Å². The maximum Gasteiger partial charge on any atom is 0.269 e. The van der Waals surface area contributed by atoms with Crippen molar-refractivity contribution in [3.63, 3.8) is 0 Å². The first-order valence-corrected chi connectivity index (χ1v) is 14.8. The van der Waals surface area contributed by atoms with E-state index in [1.165, 1.54) is 4.68 Å². The molecule has 1 saturated carbocycles. The van der Waals surface area contributed by atoms with Crippen LogP contribution in [0, 0.1) is 5.92 Å². The van der Waals surface area contributed by atoms with Gasteiger partial charge in [-0.25, -0.2) is 4.98 Å². The highest BCUT2D eigenvalue weighted by Gasteiger charge is 2.51. The molecule has 14 heteroatoms. The molecule has 0 unspecified atom stereocenters. The minimum absolute atomic E-state index is 0.00207. The van der Waals surface area contributed by atoms with E-state index in [-0.39, 0.29) is 53.6 Å². The quantitative estimate of drug-likeness (QED) is 0.324. The smallest absolute Gasteiger partial charge is 0.269 e. The van der Waals surface area contributed by atoms with Crippen molar-refractivity contribution < 1.29 is 19.2 Å². The van der Waals surface area contributed by atoms with E-state index in [1.54, 1.807) is 41.3 Å². The number of piperidine rings is 1. The topological polar surface area (TPSA) is 159 Å². The number of anilines is 2. The van der Waals surface area contributed by atoms with Crippen LogP contribution in [-0.4, -0.2) is 105 Å². The van der Waals surface area contributed by atoms with Crippen LogP contribution in [-0.2, 0) is 20.9 Å². The molecule has 226 valence electrons. The van der Waals surface area contributed by atoms with Gasteiger partial charge in [-0.2, -0.15) is 5.10 Å². The molecule has 13 nitrogen and oxygen atoms in total. The molecule has 3 fully saturated rings. The number of hydrogen-bond donors (Lipinski definition) is 3. The maximum absolute atomic E-state index is 13.7. The Bertz CT molecular complexity index is 1590. The number of nitrogens with zero attached hydrogens (tertiary/aromatic N) is 6. The molecule has 3 aromatic rings. The van der Waals surface area contributed by atoms with Crippen molar-refractivity contribution in [2.75, 3.05) is 50.4 Å². The maximum atomic E-state index is 13.7. The average molecular weight is 608 g/mol. The molecule has 0 radical (unpaired) electrons. The first kappa shape index (κ1) is 29.0. The summed E-state index contributed by atoms with van der Waals surface area (Å²) in [5.41, 5.74) is 6.68. The standard InChI is InChI=1S/C29H34ClN9O4/c1-36-9-11-37(12-10-36)15-24(40)32-18-6-8-21-20(14-18)26(28(31)42)35-38(21)16-25(41)39-19-7-5-17(13-19)27(39)29(43)34-23-4-2-3-22(30)33-23/h2-4,6,8,14,17,19,27H,5,7,9-13,15-16H2,1H3,(H2,31,42)(H,32,40)(H,33,34,43)/t17-,19+,27-/m0/s1. The van der Waals surface area contributed by atoms with Crippen LogP contribution in [0.5, 0.6) is 0 Å². The molecule has 2 bridgehead atoms. The summed E-state index contributed by atoms with van der Waals surface area (Å²) in [6.45, 7) is 3.52. The highest BCUT2D eigenvalue weighted by atomic mass is 35.5. The number of benzene rings is 1. The SMILES string of the molecule is CN1CCN(CC(=O)Nc2ccc3c(c2)c(C(N)=O)nn3CC(=O)N2[C@@H]3CC[C@@H](C3)[C@H]2C(=O)Nc2cccc(Cl)n2)CC1. The lowest BCUT2D eigenvalue weighted by molar-refractivity contribution is -0.141. The zero-order valence-corrected chi connectivity index (χ0v) is 24.6. The minimum atomic E-state index is -0.747. The molecule has 2 aliphatic heterocycles. The second-order valence-corrected chi connectivity index (χ2v) is 11.9. The van der Waals surface area contributed by atoms with E-state index in [4.69, 9.17) is 17.3 Å². The molecule has 2 aromatic heterocycles. The van der Waals surface area contributed by atoms with E-state index in [1.807, 2.05) is 0 Å². The first-order chi connectivity index (χ1) is 20.7. The Morgan fingerprint density at radius 1 is 1.02 bits per heavy atom. The lowest BCUT2D eigenvalue weighted by atomic mass is 9.97. The van der Waals surface area contributed by atoms with Gasteiger partial charge in [-0.1, -0.05) is 17.7 Å². The zero-order valence-electron chi connectivity index (χ0n) is 23.8. The third kappa shape index (κ3) is 6.05. The lowest BCUT2D eigenvalue weighted by Crippen LogP contribution is -2.52. The van der Waals surface area contributed by atoms with Crippen LogP contribution in [0.4, 0.5) is 11.5 Å². The highest BCUT2D eigenvalue weighted by molar-refractivity contribution is 6.29. The van der Waals surface area contributed by atoms with Gasteiger partial charge in [0.1, 0.15) is 23.6 Å². The summed E-state index contributed by atoms with van der Waals surface area (Å²) >= 11 is 5.98. The van der Waals surface area contributed by atoms with Gasteiger partial charge >= 0.3 is 0 Å². The second kappa shape index (κ2) is 11.9. The van der Waals surface area contributed by atoms with Gasteiger partial charge in [0.2, 0.25) is 17.7 Å². The van der Waals surface area contributed by atoms with Crippen molar-refractivity contribution in [1.82, 2.24) is 29.5 Å². The van der Waals surface area contributed by atoms with Gasteiger partial charge in [-0.3, -0.25) is 28.8 Å². The molecule has 4 N–H and O–H groups in total. The number of amides is 4. The molecule has 3 aliphatic rings. The predicted molar refractivity (Wildman–Crippen MR) is 160 cm³/mol. The molecular formula is C29H34ClN9O4. The van der Waals surface area contributed by atoms with Gasteiger partial charge in [0.05, 0.1) is 12.1 Å². The Balaban J connectivity index is 1.19. The van der Waals surface area contributed by atoms with Gasteiger partial charge < -0.3 is 26.2 Å². The molecule has 3 atom stereocenters. The average Bonchev–Trinajstić information content (AvgIpc) is 3.68. The van der Waals surface area contributed by atoms with Gasteiger partial charge in [0.15, 0.2) is 5.69 Å². The third-order valence-corrected chi connectivity index (χ3v) is 8.83. The van der Waals surface area contributed by atoms with E-state index in [2.05, 4.69) is 37.6 Å². The predicted octanol–water partition coefficient (Wildman–Crippen LogP) is 1.39. The molecule has 43 heavy (non-hydrogen) atoms. The Hall–Kier alpha value is -4.07. The van der Waals surface area contributed by atoms with Gasteiger partial charge in [-0.05, 0) is 62.6 Å². The number of likely N-dealkylation sites (tertiary alicyclic amines) is 1. The summed E-state index contributed by atoms with van der Waals surface area (Å²) in [5, 5.41) is 10.8. The number of aromatic nitrogens is 3. The number of rotatable bonds is 8. The van der Waals surface area contributed by atoms with Crippen LogP contribution in [0.3, 0.4) is 0 Å². The number of likely N-dealkylation sites (N-methyl/N-ethyl adjacent to an activating group) is 1. The van der Waals surface area contributed by atoms with E-state index >= 15 is 0 Å². The Labute approximate surface area is 253 Å². The molecule has 2 saturated heterocycles. The monoisotopic (exact) mass is 607 g/mol. The molecule has 1 aromatic carbocycles. The number of nitrogens with two attached hydrogens (primary N) is 1. The molecular weight excluding hydrogens is 574 g/mol. The van der Waals surface area contributed by atoms with Crippen LogP contribution in [0.15, 0.2) is 36.4 Å². The van der Waals surface area contributed by atoms with Crippen LogP contribution >= 0.6 is 11.6 Å². The van der Waals surface area contributed by atoms with Crippen molar-refractivity contribution in [2.45, 2.75) is 37.9 Å². The summed E-state index contributed by atoms with van der Waals surface area (Å²) in [6, 6.07) is 9.32. The van der Waals surface area contributed by atoms with Gasteiger partial charge in [-0.15, -0.1) is 0 Å². The number of carbonyl (C=O) groups is 4. The van der Waals surface area contributed by atoms with Crippen molar-refractivity contribution in [1.29, 1.82) is 0 Å². The number of pyridine rings is 1. The van der Waals surface area contributed by atoms with Crippen molar-refractivity contribution in [2.24, 2.45) is 11.7 Å². The zero-order chi connectivity index (χ0) is 30.2. The normalized spacial score (nSPS) is 22.2. The van der Waals surface area contributed by atoms with Crippen LogP contribution in [0.25, 0.3) is 10.9 Å². The molecule has 4 amide bonds. The highest BCUT2D eigenvalue weighted by Crippen LogP contribution is 2.43. The van der Waals surface area contributed by atoms with Crippen molar-refractivity contribution in [3.8, 4) is 0 Å². The fourth-order valence-electron chi connectivity index (χ4n) is 6.54. The van der Waals surface area contributed by atoms with Crippen molar-refractivity contribution >= 4 is 57.6 Å². The Kier molecular flexibility index (Phi) is 8.03. The van der Waals surface area contributed by atoms with E-state index < -0.39 is 11.9 Å². The summed E-state index contributed by atoms with van der Waals surface area (Å²) in [6.07, 6.45) is 2.42. The first-order valence-electron chi connectivity index (χ1n) is 14.4. The summed E-state index contributed by atoms with van der Waals surface area (Å²) in [7, 11) is 2.06. The molecule has 6 rings (SSSR count). The van der Waals surface area contributed by atoms with E-state index in [0.717, 1.165) is 45.4 Å². The summed E-state index contributed by atoms with van der Waals surface area (Å²) in [5.74, 6) is -1.13. The van der Waals surface area contributed by atoms with Crippen LogP contribution in [0.1, 0.15) is 29.8 Å². The van der Waals surface area contributed by atoms with Gasteiger partial charge in [0.25, 0.3) is 5.91 Å². The summed E-state index contributed by atoms with van der Waals surface area (Å²) < 4.78 is 1.44. The van der Waals surface area contributed by atoms with E-state index in [9.17, 15) is 19.2 Å². The summed E-state index contributed by atoms with van der Waals surface area (Å²) in [4.78, 5) is 62.2. The lowest BCUT2D eigenvalue weighted by Gasteiger charge is -2.34. The number of fused-ring (bicyclic) bond motifs is 3. The minimum Gasteiger partial charge on any atom is -0.364 e. The number of carbonyl (C=O) groups excluding carboxylic acids is 4. The second-order valence-electron chi connectivity index (χ2n) is 11.5. The number of primary amides is 1. The third-order valence-electron chi connectivity index (χ3n) is 8.62. The van der Waals surface area contributed by atoms with Crippen molar-refractivity contribution in [3.05, 3.63) is 47.2 Å². The van der Waals surface area contributed by atoms with Gasteiger partial charge in [0, 0.05) is 43.3 Å². The fraction of sp³-hybridized carbons (Fsp3) is 0.448. The molecule has 0 spiro atoms. The van der Waals surface area contributed by atoms with Crippen LogP contribution < -0.4 is 16.4 Å². The number of nitrogens with one attached hydrogen (secondary N) is 2. The fourth-order valence-corrected chi connectivity index (χ4v) is 6.71. The Morgan fingerprint density at radius 3 is 2.56 bits per heavy atom.